The predicted molar refractivity (Wildman–Crippen MR) is 168 cm³/mol. The van der Waals surface area contributed by atoms with Crippen LogP contribution in [-0.4, -0.2) is 87.7 Å². The summed E-state index contributed by atoms with van der Waals surface area (Å²) >= 11 is 3.21. The fourth-order valence-corrected chi connectivity index (χ4v) is 8.08. The maximum atomic E-state index is 13.8. The summed E-state index contributed by atoms with van der Waals surface area (Å²) in [5, 5.41) is 6.01. The van der Waals surface area contributed by atoms with Gasteiger partial charge < -0.3 is 20.3 Å². The van der Waals surface area contributed by atoms with E-state index < -0.39 is 23.1 Å². The summed E-state index contributed by atoms with van der Waals surface area (Å²) in [5.41, 5.74) is 0.621. The van der Waals surface area contributed by atoms with Gasteiger partial charge in [-0.05, 0) is 63.7 Å². The molecule has 1 aromatic carbocycles. The van der Waals surface area contributed by atoms with E-state index in [1.54, 1.807) is 11.8 Å². The lowest BCUT2D eigenvalue weighted by Gasteiger charge is -2.35. The first-order valence-corrected chi connectivity index (χ1v) is 17.5. The molecule has 2 atom stereocenters. The zero-order valence-corrected chi connectivity index (χ0v) is 26.6. The zero-order chi connectivity index (χ0) is 29.2. The number of hydrogen-bond acceptors (Lipinski definition) is 7. The second-order valence-electron chi connectivity index (χ2n) is 12.5. The van der Waals surface area contributed by atoms with Crippen LogP contribution in [-0.2, 0) is 20.9 Å². The molecule has 41 heavy (non-hydrogen) atoms. The number of nitrogens with zero attached hydrogens (tertiary/aromatic N) is 2. The Balaban J connectivity index is 1.33. The third kappa shape index (κ3) is 10.1. The Labute approximate surface area is 254 Å². The highest BCUT2D eigenvalue weighted by atomic mass is 32.2. The first-order valence-electron chi connectivity index (χ1n) is 15.2. The third-order valence-electron chi connectivity index (χ3n) is 7.97. The van der Waals surface area contributed by atoms with Gasteiger partial charge in [-0.25, -0.2) is 4.79 Å². The Kier molecular flexibility index (Phi) is 12.1. The number of likely N-dealkylation sites (tertiary alicyclic amines) is 1. The Bertz CT molecular complexity index is 992. The molecule has 1 saturated carbocycles. The van der Waals surface area contributed by atoms with Crippen LogP contribution in [0.4, 0.5) is 4.79 Å². The number of carbonyl (C=O) groups excluding carboxylic acids is 3. The van der Waals surface area contributed by atoms with Crippen molar-refractivity contribution >= 4 is 41.4 Å². The summed E-state index contributed by atoms with van der Waals surface area (Å²) in [6.07, 6.45) is 7.70. The number of ether oxygens (including phenoxy) is 1. The van der Waals surface area contributed by atoms with Crippen molar-refractivity contribution in [3.63, 3.8) is 0 Å². The second kappa shape index (κ2) is 15.5. The van der Waals surface area contributed by atoms with Gasteiger partial charge in [0.1, 0.15) is 11.6 Å². The van der Waals surface area contributed by atoms with Gasteiger partial charge in [-0.2, -0.15) is 11.8 Å². The Hall–Kier alpha value is -1.91. The number of benzene rings is 1. The molecule has 228 valence electrons. The molecule has 3 aliphatic rings. The summed E-state index contributed by atoms with van der Waals surface area (Å²) in [5.74, 6) is 2.64. The van der Waals surface area contributed by atoms with E-state index in [0.717, 1.165) is 25.1 Å². The highest BCUT2D eigenvalue weighted by molar-refractivity contribution is 8.00. The largest absolute Gasteiger partial charge is 0.444 e. The van der Waals surface area contributed by atoms with Crippen LogP contribution in [0.3, 0.4) is 0 Å². The van der Waals surface area contributed by atoms with Crippen LogP contribution >= 0.6 is 23.5 Å². The number of carbonyl (C=O) groups is 3. The van der Waals surface area contributed by atoms with Crippen molar-refractivity contribution in [1.29, 1.82) is 0 Å². The molecule has 8 nitrogen and oxygen atoms in total. The zero-order valence-electron chi connectivity index (χ0n) is 24.9. The van der Waals surface area contributed by atoms with Gasteiger partial charge in [-0.1, -0.05) is 49.6 Å². The molecule has 4 rings (SSSR count). The van der Waals surface area contributed by atoms with Gasteiger partial charge in [-0.15, -0.1) is 11.8 Å². The topological polar surface area (TPSA) is 91.0 Å². The summed E-state index contributed by atoms with van der Waals surface area (Å²) in [6.45, 7) is 8.09. The summed E-state index contributed by atoms with van der Waals surface area (Å²) in [4.78, 5) is 43.5. The minimum Gasteiger partial charge on any atom is -0.444 e. The van der Waals surface area contributed by atoms with E-state index in [2.05, 4.69) is 34.9 Å². The fraction of sp³-hybridized carbons (Fsp3) is 0.710. The molecule has 2 heterocycles. The van der Waals surface area contributed by atoms with E-state index in [9.17, 15) is 14.4 Å². The third-order valence-corrected chi connectivity index (χ3v) is 10.4. The summed E-state index contributed by atoms with van der Waals surface area (Å²) in [7, 11) is 0. The Morgan fingerprint density at radius 3 is 2.41 bits per heavy atom. The van der Waals surface area contributed by atoms with Crippen LogP contribution in [0.5, 0.6) is 0 Å². The quantitative estimate of drug-likeness (QED) is 0.394. The van der Waals surface area contributed by atoms with Crippen LogP contribution in [0, 0.1) is 5.92 Å². The van der Waals surface area contributed by atoms with Gasteiger partial charge in [0.25, 0.3) is 5.91 Å². The Morgan fingerprint density at radius 1 is 1.02 bits per heavy atom. The van der Waals surface area contributed by atoms with Crippen molar-refractivity contribution in [1.82, 2.24) is 20.4 Å². The molecule has 1 unspecified atom stereocenters. The van der Waals surface area contributed by atoms with E-state index in [1.165, 1.54) is 54.3 Å². The van der Waals surface area contributed by atoms with Gasteiger partial charge in [0.2, 0.25) is 5.91 Å². The Morgan fingerprint density at radius 2 is 1.73 bits per heavy atom. The molecule has 0 aromatic heterocycles. The lowest BCUT2D eigenvalue weighted by molar-refractivity contribution is -0.137. The fourth-order valence-electron chi connectivity index (χ4n) is 5.70. The highest BCUT2D eigenvalue weighted by Crippen LogP contribution is 2.28. The summed E-state index contributed by atoms with van der Waals surface area (Å²) in [6, 6.07) is 10.1. The lowest BCUT2D eigenvalue weighted by atomic mass is 9.91. The van der Waals surface area contributed by atoms with Gasteiger partial charge in [0.05, 0.1) is 0 Å². The van der Waals surface area contributed by atoms with Gasteiger partial charge in [0, 0.05) is 43.7 Å². The first kappa shape index (κ1) is 32.0. The van der Waals surface area contributed by atoms with Crippen molar-refractivity contribution in [2.75, 3.05) is 36.9 Å². The van der Waals surface area contributed by atoms with Crippen molar-refractivity contribution in [3.05, 3.63) is 35.9 Å². The van der Waals surface area contributed by atoms with Gasteiger partial charge in [0.15, 0.2) is 5.37 Å². The number of nitrogens with one attached hydrogen (secondary N) is 2. The van der Waals surface area contributed by atoms with Crippen molar-refractivity contribution in [2.45, 2.75) is 95.3 Å². The molecule has 0 bridgehead atoms. The van der Waals surface area contributed by atoms with E-state index >= 15 is 0 Å². The van der Waals surface area contributed by atoms with Crippen LogP contribution in [0.1, 0.15) is 71.3 Å². The average molecular weight is 605 g/mol. The van der Waals surface area contributed by atoms with E-state index in [0.29, 0.717) is 43.1 Å². The monoisotopic (exact) mass is 604 g/mol. The molecule has 10 heteroatoms. The van der Waals surface area contributed by atoms with Crippen LogP contribution in [0.25, 0.3) is 0 Å². The standard InChI is InChI=1S/C31H48N4O4S2/c1-31(2,3)39-30(38)35-18-19-41-29(35)27(36)33-26(22-40-21-24-12-8-5-9-13-24)28(37)34-16-14-25(15-17-34)32-20-23-10-6-4-7-11-23/h4,6-7,10-11,24-26,29,32H,5,8-9,12-22H2,1-3H3,(H,33,36)/t26-,29?/m0/s1. The number of rotatable bonds is 10. The van der Waals surface area contributed by atoms with Crippen LogP contribution in [0.15, 0.2) is 30.3 Å². The molecular formula is C31H48N4O4S2. The van der Waals surface area contributed by atoms with Crippen molar-refractivity contribution in [3.8, 4) is 0 Å². The van der Waals surface area contributed by atoms with E-state index in [-0.39, 0.29) is 11.8 Å². The van der Waals surface area contributed by atoms with Crippen LogP contribution in [0.2, 0.25) is 0 Å². The number of hydrogen-bond donors (Lipinski definition) is 2. The van der Waals surface area contributed by atoms with Gasteiger partial charge in [-0.3, -0.25) is 14.5 Å². The van der Waals surface area contributed by atoms with Crippen LogP contribution < -0.4 is 10.6 Å². The SMILES string of the molecule is CC(C)(C)OC(=O)N1CCSC1C(=O)N[C@@H](CSCC1CCCCC1)C(=O)N1CCC(NCc2ccccc2)CC1. The average Bonchev–Trinajstić information content (AvgIpc) is 3.46. The minimum atomic E-state index is -0.684. The first-order chi connectivity index (χ1) is 19.7. The minimum absolute atomic E-state index is 0.0113. The van der Waals surface area contributed by atoms with E-state index in [4.69, 9.17) is 4.74 Å². The highest BCUT2D eigenvalue weighted by Gasteiger charge is 2.39. The smallest absolute Gasteiger partial charge is 0.411 e. The molecule has 3 fully saturated rings. The van der Waals surface area contributed by atoms with Crippen molar-refractivity contribution in [2.24, 2.45) is 5.92 Å². The van der Waals surface area contributed by atoms with E-state index in [1.807, 2.05) is 31.7 Å². The summed E-state index contributed by atoms with van der Waals surface area (Å²) < 4.78 is 5.55. The van der Waals surface area contributed by atoms with Gasteiger partial charge >= 0.3 is 6.09 Å². The molecule has 2 saturated heterocycles. The molecule has 2 N–H and O–H groups in total. The molecular weight excluding hydrogens is 556 g/mol. The molecule has 1 aromatic rings. The lowest BCUT2D eigenvalue weighted by Crippen LogP contribution is -2.56. The number of thioether (sulfide) groups is 2. The molecule has 3 amide bonds. The molecule has 1 aliphatic carbocycles. The molecule has 2 aliphatic heterocycles. The normalized spacial score (nSPS) is 21.5. The number of amides is 3. The number of piperidine rings is 1. The van der Waals surface area contributed by atoms with Crippen molar-refractivity contribution < 1.29 is 19.1 Å². The molecule has 0 radical (unpaired) electrons. The second-order valence-corrected chi connectivity index (χ2v) is 14.7. The maximum Gasteiger partial charge on any atom is 0.411 e. The predicted octanol–water partition coefficient (Wildman–Crippen LogP) is 4.88. The maximum absolute atomic E-state index is 13.8. The molecule has 0 spiro atoms.